The van der Waals surface area contributed by atoms with E-state index in [9.17, 15) is 18.0 Å². The minimum atomic E-state index is -4.49. The summed E-state index contributed by atoms with van der Waals surface area (Å²) in [6.45, 7) is 0.270. The molecule has 8 heteroatoms. The van der Waals surface area contributed by atoms with Crippen LogP contribution in [0.3, 0.4) is 0 Å². The summed E-state index contributed by atoms with van der Waals surface area (Å²) in [5, 5.41) is 2.50. The summed E-state index contributed by atoms with van der Waals surface area (Å²) in [6, 6.07) is 17.0. The molecule has 0 aliphatic heterocycles. The average Bonchev–Trinajstić information content (AvgIpc) is 2.72. The van der Waals surface area contributed by atoms with Crippen molar-refractivity contribution in [1.82, 2.24) is 0 Å². The van der Waals surface area contributed by atoms with Gasteiger partial charge in [-0.3, -0.25) is 4.79 Å². The van der Waals surface area contributed by atoms with Gasteiger partial charge in [-0.05, 0) is 58.5 Å². The molecule has 0 aliphatic carbocycles. The zero-order valence-corrected chi connectivity index (χ0v) is 18.0. The van der Waals surface area contributed by atoms with Crippen LogP contribution in [0, 0.1) is 3.57 Å². The summed E-state index contributed by atoms with van der Waals surface area (Å²) in [4.78, 5) is 12.7. The fourth-order valence-corrected chi connectivity index (χ4v) is 3.54. The molecule has 0 radical (unpaired) electrons. The minimum Gasteiger partial charge on any atom is -0.492 e. The monoisotopic (exact) mass is 527 g/mol. The number of alkyl halides is 3. The number of benzene rings is 3. The molecule has 0 aliphatic rings. The van der Waals surface area contributed by atoms with E-state index in [1.54, 1.807) is 6.07 Å². The highest BCUT2D eigenvalue weighted by atomic mass is 127. The van der Waals surface area contributed by atoms with E-state index in [-0.39, 0.29) is 17.9 Å². The molecule has 0 unspecified atom stereocenters. The van der Waals surface area contributed by atoms with Crippen LogP contribution in [0.25, 0.3) is 0 Å². The van der Waals surface area contributed by atoms with Crippen LogP contribution in [-0.2, 0) is 12.8 Å². The third-order valence-corrected chi connectivity index (χ3v) is 4.96. The molecule has 30 heavy (non-hydrogen) atoms. The van der Waals surface area contributed by atoms with Crippen molar-refractivity contribution in [1.29, 1.82) is 0 Å². The van der Waals surface area contributed by atoms with Gasteiger partial charge in [0.1, 0.15) is 6.61 Å². The largest absolute Gasteiger partial charge is 0.492 e. The van der Waals surface area contributed by atoms with Crippen LogP contribution in [0.4, 0.5) is 18.9 Å². The van der Waals surface area contributed by atoms with Crippen molar-refractivity contribution in [3.05, 3.63) is 87.0 Å². The molecule has 4 nitrogen and oxygen atoms in total. The average molecular weight is 527 g/mol. The van der Waals surface area contributed by atoms with Gasteiger partial charge in [0.05, 0.1) is 16.2 Å². The Morgan fingerprint density at radius 3 is 2.43 bits per heavy atom. The highest BCUT2D eigenvalue weighted by Gasteiger charge is 2.30. The van der Waals surface area contributed by atoms with E-state index >= 15 is 0 Å². The van der Waals surface area contributed by atoms with Gasteiger partial charge in [0, 0.05) is 11.3 Å². The lowest BCUT2D eigenvalue weighted by molar-refractivity contribution is -0.137. The Bertz CT molecular complexity index is 1040. The first-order chi connectivity index (χ1) is 14.3. The Labute approximate surface area is 185 Å². The Balaban J connectivity index is 1.83. The molecule has 0 aromatic heterocycles. The number of ether oxygens (including phenoxy) is 2. The van der Waals surface area contributed by atoms with Gasteiger partial charge in [-0.15, -0.1) is 0 Å². The van der Waals surface area contributed by atoms with E-state index in [4.69, 9.17) is 9.47 Å². The van der Waals surface area contributed by atoms with Crippen LogP contribution in [0.15, 0.2) is 66.7 Å². The van der Waals surface area contributed by atoms with Crippen LogP contribution in [0.1, 0.15) is 21.5 Å². The summed E-state index contributed by atoms with van der Waals surface area (Å²) in [7, 11) is 1.50. The number of methoxy groups -OCH3 is 1. The van der Waals surface area contributed by atoms with E-state index in [0.29, 0.717) is 15.1 Å². The first kappa shape index (κ1) is 21.9. The topological polar surface area (TPSA) is 47.6 Å². The summed E-state index contributed by atoms with van der Waals surface area (Å²) < 4.78 is 50.6. The first-order valence-electron chi connectivity index (χ1n) is 8.81. The number of carbonyl (C=O) groups is 1. The standard InChI is InChI=1S/C22H17F3INO3/c1-29-20-18(26)10-15(11-19(20)30-13-14-6-3-2-4-7-14)21(28)27-17-9-5-8-16(12-17)22(23,24)25/h2-12H,13H2,1H3,(H,27,28). The van der Waals surface area contributed by atoms with Gasteiger partial charge in [-0.25, -0.2) is 0 Å². The van der Waals surface area contributed by atoms with Gasteiger partial charge >= 0.3 is 6.18 Å². The summed E-state index contributed by atoms with van der Waals surface area (Å²) in [6.07, 6.45) is -4.49. The fourth-order valence-electron chi connectivity index (χ4n) is 2.72. The summed E-state index contributed by atoms with van der Waals surface area (Å²) in [5.41, 5.74) is 0.387. The lowest BCUT2D eigenvalue weighted by Gasteiger charge is -2.15. The smallest absolute Gasteiger partial charge is 0.416 e. The number of amides is 1. The molecule has 3 aromatic carbocycles. The van der Waals surface area contributed by atoms with Crippen molar-refractivity contribution in [2.75, 3.05) is 12.4 Å². The van der Waals surface area contributed by atoms with Crippen LogP contribution in [-0.4, -0.2) is 13.0 Å². The van der Waals surface area contributed by atoms with Crippen molar-refractivity contribution < 1.29 is 27.4 Å². The van der Waals surface area contributed by atoms with Crippen molar-refractivity contribution in [3.8, 4) is 11.5 Å². The highest BCUT2D eigenvalue weighted by molar-refractivity contribution is 14.1. The molecule has 0 heterocycles. The number of carbonyl (C=O) groups excluding carboxylic acids is 1. The normalized spacial score (nSPS) is 11.1. The van der Waals surface area contributed by atoms with Gasteiger partial charge in [-0.1, -0.05) is 36.4 Å². The van der Waals surface area contributed by atoms with Crippen molar-refractivity contribution in [2.24, 2.45) is 0 Å². The van der Waals surface area contributed by atoms with Crippen LogP contribution >= 0.6 is 22.6 Å². The molecule has 3 aromatic rings. The third-order valence-electron chi connectivity index (χ3n) is 4.16. The van der Waals surface area contributed by atoms with E-state index in [0.717, 1.165) is 17.7 Å². The molecule has 1 N–H and O–H groups in total. The van der Waals surface area contributed by atoms with Crippen LogP contribution in [0.2, 0.25) is 0 Å². The summed E-state index contributed by atoms with van der Waals surface area (Å²) in [5.74, 6) is 0.282. The Hall–Kier alpha value is -2.75. The Morgan fingerprint density at radius 1 is 1.03 bits per heavy atom. The zero-order valence-electron chi connectivity index (χ0n) is 15.8. The second kappa shape index (κ2) is 9.38. The van der Waals surface area contributed by atoms with E-state index < -0.39 is 17.6 Å². The predicted molar refractivity (Wildman–Crippen MR) is 116 cm³/mol. The molecule has 0 saturated carbocycles. The van der Waals surface area contributed by atoms with Gasteiger partial charge < -0.3 is 14.8 Å². The van der Waals surface area contributed by atoms with Crippen LogP contribution < -0.4 is 14.8 Å². The van der Waals surface area contributed by atoms with Crippen LogP contribution in [0.5, 0.6) is 11.5 Å². The second-order valence-electron chi connectivity index (χ2n) is 6.30. The fraction of sp³-hybridized carbons (Fsp3) is 0.136. The zero-order chi connectivity index (χ0) is 21.7. The number of hydrogen-bond acceptors (Lipinski definition) is 3. The van der Waals surface area contributed by atoms with Gasteiger partial charge in [-0.2, -0.15) is 13.2 Å². The molecule has 3 rings (SSSR count). The minimum absolute atomic E-state index is 0.0485. The highest BCUT2D eigenvalue weighted by Crippen LogP contribution is 2.35. The number of halogens is 4. The molecule has 1 amide bonds. The van der Waals surface area contributed by atoms with Crippen molar-refractivity contribution in [2.45, 2.75) is 12.8 Å². The SMILES string of the molecule is COc1c(I)cc(C(=O)Nc2cccc(C(F)(F)F)c2)cc1OCc1ccccc1. The quantitative estimate of drug-likeness (QED) is 0.392. The van der Waals surface area contributed by atoms with E-state index in [1.807, 2.05) is 52.9 Å². The van der Waals surface area contributed by atoms with Crippen molar-refractivity contribution in [3.63, 3.8) is 0 Å². The number of nitrogens with one attached hydrogen (secondary N) is 1. The van der Waals surface area contributed by atoms with E-state index in [2.05, 4.69) is 5.32 Å². The Kier molecular flexibility index (Phi) is 6.86. The lowest BCUT2D eigenvalue weighted by atomic mass is 10.1. The lowest BCUT2D eigenvalue weighted by Crippen LogP contribution is -2.14. The molecule has 0 fully saturated rings. The van der Waals surface area contributed by atoms with Gasteiger partial charge in [0.25, 0.3) is 5.91 Å². The summed E-state index contributed by atoms with van der Waals surface area (Å²) >= 11 is 2.01. The molecule has 156 valence electrons. The Morgan fingerprint density at radius 2 is 1.77 bits per heavy atom. The first-order valence-corrected chi connectivity index (χ1v) is 9.88. The van der Waals surface area contributed by atoms with E-state index in [1.165, 1.54) is 25.3 Å². The second-order valence-corrected chi connectivity index (χ2v) is 7.46. The maximum Gasteiger partial charge on any atom is 0.416 e. The molecular formula is C22H17F3INO3. The predicted octanol–water partition coefficient (Wildman–Crippen LogP) is 6.15. The van der Waals surface area contributed by atoms with Gasteiger partial charge in [0.15, 0.2) is 11.5 Å². The molecule has 0 saturated heterocycles. The number of hydrogen-bond donors (Lipinski definition) is 1. The molecule has 0 bridgehead atoms. The maximum absolute atomic E-state index is 12.9. The number of anilines is 1. The molecule has 0 atom stereocenters. The van der Waals surface area contributed by atoms with Crippen molar-refractivity contribution >= 4 is 34.2 Å². The molecular weight excluding hydrogens is 510 g/mol. The maximum atomic E-state index is 12.9. The third kappa shape index (κ3) is 5.44. The number of rotatable bonds is 6. The van der Waals surface area contributed by atoms with Gasteiger partial charge in [0.2, 0.25) is 0 Å². The molecule has 0 spiro atoms.